The van der Waals surface area contributed by atoms with Crippen molar-refractivity contribution in [2.45, 2.75) is 45.3 Å². The number of carbonyl (C=O) groups excluding carboxylic acids is 1. The fourth-order valence-electron chi connectivity index (χ4n) is 7.70. The number of hydrogen-bond acceptors (Lipinski definition) is 6. The Morgan fingerprint density at radius 3 is 1.64 bits per heavy atom. The SMILES string of the molecule is CCOC(=O)c1cc(-c2nnnn2C(c2ccccc2)(c2ccccc2)c2ccccc2)n(-c2ccc(C(C)(C)C)cc2CO[Si](c2ccccc2)c2ccccc2)c1. The van der Waals surface area contributed by atoms with Crippen LogP contribution in [0.5, 0.6) is 0 Å². The minimum absolute atomic E-state index is 0.139. The summed E-state index contributed by atoms with van der Waals surface area (Å²) in [5, 5.41) is 16.3. The summed E-state index contributed by atoms with van der Waals surface area (Å²) in [5.74, 6) is 0.0249. The fraction of sp³-hybridized carbons (Fsp3) is 0.160. The van der Waals surface area contributed by atoms with Crippen molar-refractivity contribution in [3.8, 4) is 17.2 Å². The summed E-state index contributed by atoms with van der Waals surface area (Å²) in [6.45, 7) is 8.99. The average Bonchev–Trinajstić information content (AvgIpc) is 3.94. The van der Waals surface area contributed by atoms with Gasteiger partial charge in [0.05, 0.1) is 30.2 Å². The Balaban J connectivity index is 1.35. The van der Waals surface area contributed by atoms with E-state index < -0.39 is 20.5 Å². The van der Waals surface area contributed by atoms with Gasteiger partial charge in [-0.1, -0.05) is 185 Å². The summed E-state index contributed by atoms with van der Waals surface area (Å²) in [6.07, 6.45) is 1.83. The van der Waals surface area contributed by atoms with E-state index in [0.29, 0.717) is 23.7 Å². The Hall–Kier alpha value is -6.68. The Bertz CT molecular complexity index is 2490. The minimum Gasteiger partial charge on any atom is -0.462 e. The van der Waals surface area contributed by atoms with Crippen molar-refractivity contribution in [3.05, 3.63) is 216 Å². The number of tetrazole rings is 1. The first-order valence-electron chi connectivity index (χ1n) is 19.9. The van der Waals surface area contributed by atoms with Gasteiger partial charge in [-0.25, -0.2) is 9.48 Å². The van der Waals surface area contributed by atoms with E-state index in [1.54, 1.807) is 0 Å². The van der Waals surface area contributed by atoms with E-state index in [2.05, 4.69) is 129 Å². The topological polar surface area (TPSA) is 84.1 Å². The molecule has 6 aromatic carbocycles. The van der Waals surface area contributed by atoms with E-state index in [4.69, 9.17) is 19.5 Å². The Morgan fingerprint density at radius 2 is 1.15 bits per heavy atom. The lowest BCUT2D eigenvalue weighted by Gasteiger charge is -2.36. The number of nitrogens with zero attached hydrogens (tertiary/aromatic N) is 5. The molecular weight excluding hydrogens is 747 g/mol. The maximum atomic E-state index is 13.6. The number of rotatable bonds is 13. The van der Waals surface area contributed by atoms with Crippen LogP contribution in [-0.2, 0) is 26.7 Å². The molecule has 8 nitrogen and oxygen atoms in total. The number of ether oxygens (including phenoxy) is 1. The molecule has 0 aliphatic rings. The fourth-order valence-corrected chi connectivity index (χ4v) is 9.66. The molecule has 2 heterocycles. The van der Waals surface area contributed by atoms with Gasteiger partial charge in [-0.3, -0.25) is 0 Å². The molecule has 0 aliphatic carbocycles. The quantitative estimate of drug-likeness (QED) is 0.0660. The second-order valence-corrected chi connectivity index (χ2v) is 17.5. The van der Waals surface area contributed by atoms with Crippen molar-refractivity contribution in [1.82, 2.24) is 24.8 Å². The van der Waals surface area contributed by atoms with Crippen LogP contribution in [0.1, 0.15) is 65.9 Å². The Morgan fingerprint density at radius 1 is 0.644 bits per heavy atom. The van der Waals surface area contributed by atoms with Crippen molar-refractivity contribution in [2.75, 3.05) is 6.61 Å². The smallest absolute Gasteiger partial charge is 0.339 e. The van der Waals surface area contributed by atoms with Gasteiger partial charge in [0.25, 0.3) is 9.04 Å². The molecule has 0 atom stereocenters. The monoisotopic (exact) mass is 792 g/mol. The van der Waals surface area contributed by atoms with Crippen molar-refractivity contribution >= 4 is 25.4 Å². The number of aromatic nitrogens is 5. The van der Waals surface area contributed by atoms with Gasteiger partial charge >= 0.3 is 5.97 Å². The molecule has 59 heavy (non-hydrogen) atoms. The van der Waals surface area contributed by atoms with Gasteiger partial charge in [0.2, 0.25) is 5.82 Å². The number of carbonyl (C=O) groups is 1. The van der Waals surface area contributed by atoms with Crippen LogP contribution in [0.25, 0.3) is 17.2 Å². The van der Waals surface area contributed by atoms with Crippen LogP contribution in [0.2, 0.25) is 0 Å². The Kier molecular flexibility index (Phi) is 11.3. The van der Waals surface area contributed by atoms with Gasteiger partial charge in [0.15, 0.2) is 0 Å². The van der Waals surface area contributed by atoms with Crippen LogP contribution in [0.4, 0.5) is 0 Å². The summed E-state index contributed by atoms with van der Waals surface area (Å²) >= 11 is 0. The summed E-state index contributed by atoms with van der Waals surface area (Å²) in [7, 11) is -1.65. The summed E-state index contributed by atoms with van der Waals surface area (Å²) in [5.41, 5.74) is 5.71. The molecule has 0 saturated carbocycles. The van der Waals surface area contributed by atoms with E-state index in [0.717, 1.165) is 43.9 Å². The molecule has 8 rings (SSSR count). The summed E-state index contributed by atoms with van der Waals surface area (Å²) in [4.78, 5) is 13.6. The molecule has 0 saturated heterocycles. The highest BCUT2D eigenvalue weighted by atomic mass is 28.3. The zero-order chi connectivity index (χ0) is 40.8. The van der Waals surface area contributed by atoms with Gasteiger partial charge in [0.1, 0.15) is 5.54 Å². The molecule has 0 aliphatic heterocycles. The molecule has 8 aromatic rings. The predicted molar refractivity (Wildman–Crippen MR) is 235 cm³/mol. The molecule has 0 amide bonds. The van der Waals surface area contributed by atoms with E-state index in [1.807, 2.05) is 95.2 Å². The largest absolute Gasteiger partial charge is 0.462 e. The van der Waals surface area contributed by atoms with E-state index >= 15 is 0 Å². The second kappa shape index (κ2) is 17.0. The number of esters is 1. The van der Waals surface area contributed by atoms with Gasteiger partial charge in [-0.15, -0.1) is 5.10 Å². The lowest BCUT2D eigenvalue weighted by molar-refractivity contribution is 0.0526. The maximum absolute atomic E-state index is 13.6. The van der Waals surface area contributed by atoms with Crippen LogP contribution >= 0.6 is 0 Å². The Labute approximate surface area is 347 Å². The summed E-state index contributed by atoms with van der Waals surface area (Å²) in [6, 6.07) is 60.0. The van der Waals surface area contributed by atoms with Gasteiger partial charge in [0, 0.05) is 11.8 Å². The average molecular weight is 793 g/mol. The molecule has 0 N–H and O–H groups in total. The number of benzene rings is 6. The van der Waals surface area contributed by atoms with Crippen LogP contribution < -0.4 is 10.4 Å². The predicted octanol–water partition coefficient (Wildman–Crippen LogP) is 8.77. The highest BCUT2D eigenvalue weighted by Gasteiger charge is 2.42. The highest BCUT2D eigenvalue weighted by molar-refractivity contribution is 6.80. The van der Waals surface area contributed by atoms with Crippen molar-refractivity contribution in [2.24, 2.45) is 0 Å². The lowest BCUT2D eigenvalue weighted by Crippen LogP contribution is -2.44. The first-order valence-corrected chi connectivity index (χ1v) is 21.3. The zero-order valence-corrected chi connectivity index (χ0v) is 34.7. The molecule has 0 spiro atoms. The maximum Gasteiger partial charge on any atom is 0.339 e. The van der Waals surface area contributed by atoms with Gasteiger partial charge < -0.3 is 13.7 Å². The van der Waals surface area contributed by atoms with Crippen molar-refractivity contribution in [1.29, 1.82) is 0 Å². The minimum atomic E-state index is -1.65. The molecule has 0 unspecified atom stereocenters. The van der Waals surface area contributed by atoms with Gasteiger partial charge in [-0.05, 0) is 67.5 Å². The van der Waals surface area contributed by atoms with Crippen LogP contribution in [0.15, 0.2) is 182 Å². The zero-order valence-electron chi connectivity index (χ0n) is 33.7. The molecule has 0 fully saturated rings. The highest BCUT2D eigenvalue weighted by Crippen LogP contribution is 2.43. The van der Waals surface area contributed by atoms with E-state index in [9.17, 15) is 4.79 Å². The third-order valence-corrected chi connectivity index (χ3v) is 12.7. The third kappa shape index (κ3) is 7.82. The molecule has 293 valence electrons. The molecule has 1 radical (unpaired) electrons. The number of hydrogen-bond donors (Lipinski definition) is 0. The second-order valence-electron chi connectivity index (χ2n) is 15.4. The standard InChI is InChI=1S/C50H46N5O3Si/c1-5-57-48(56)37-34-46(47-51-52-53-55(47)50(39-21-11-6-12-22-39,40-23-13-7-14-24-40)41-25-15-8-16-26-41)54(35-37)45-32-31-42(49(2,3)4)33-38(45)36-58-59(43-27-17-9-18-28-43)44-29-19-10-20-30-44/h6-35H,5,36H2,1-4H3. The molecule has 2 aromatic heterocycles. The molecular formula is C50H46N5O3Si. The first-order chi connectivity index (χ1) is 28.8. The third-order valence-electron chi connectivity index (χ3n) is 10.6. The molecule has 9 heteroatoms. The van der Waals surface area contributed by atoms with Crippen LogP contribution in [0, 0.1) is 0 Å². The first kappa shape index (κ1) is 39.2. The normalized spacial score (nSPS) is 11.8. The van der Waals surface area contributed by atoms with Crippen molar-refractivity contribution < 1.29 is 14.0 Å². The van der Waals surface area contributed by atoms with Crippen LogP contribution in [0.3, 0.4) is 0 Å². The lowest BCUT2D eigenvalue weighted by atomic mass is 9.77. The van der Waals surface area contributed by atoms with Crippen LogP contribution in [-0.4, -0.2) is 46.4 Å². The van der Waals surface area contributed by atoms with Gasteiger partial charge in [-0.2, -0.15) is 0 Å². The van der Waals surface area contributed by atoms with Crippen molar-refractivity contribution in [3.63, 3.8) is 0 Å². The molecule has 0 bridgehead atoms. The summed E-state index contributed by atoms with van der Waals surface area (Å²) < 4.78 is 16.6. The van der Waals surface area contributed by atoms with E-state index in [-0.39, 0.29) is 12.0 Å². The van der Waals surface area contributed by atoms with E-state index in [1.165, 1.54) is 0 Å².